The molecule has 1 aliphatic rings. The van der Waals surface area contributed by atoms with Crippen LogP contribution in [0.1, 0.15) is 46.4 Å². The zero-order valence-electron chi connectivity index (χ0n) is 10.7. The number of pyridine rings is 1. The van der Waals surface area contributed by atoms with Gasteiger partial charge in [-0.05, 0) is 55.2 Å². The second-order valence-electron chi connectivity index (χ2n) is 4.93. The highest BCUT2D eigenvalue weighted by Crippen LogP contribution is 2.38. The maximum Gasteiger partial charge on any atom is 0.160 e. The Morgan fingerprint density at radius 1 is 1.37 bits per heavy atom. The van der Waals surface area contributed by atoms with Gasteiger partial charge in [-0.25, -0.2) is 4.39 Å². The normalized spacial score (nSPS) is 17.3. The topological polar surface area (TPSA) is 30.0 Å². The number of aryl methyl sites for hydroxylation is 1. The van der Waals surface area contributed by atoms with E-state index in [2.05, 4.69) is 11.1 Å². The molecular weight excluding hydrogens is 241 g/mol. The molecule has 1 aliphatic carbocycles. The second-order valence-corrected chi connectivity index (χ2v) is 4.93. The van der Waals surface area contributed by atoms with Gasteiger partial charge in [0.15, 0.2) is 5.78 Å². The molecule has 0 bridgehead atoms. The highest BCUT2D eigenvalue weighted by Gasteiger charge is 2.28. The number of Topliss-reactive ketones (excluding diaryl/α,β-unsaturated/α-hetero) is 1. The Morgan fingerprint density at radius 3 is 3.00 bits per heavy atom. The van der Waals surface area contributed by atoms with Crippen LogP contribution < -0.4 is 0 Å². The van der Waals surface area contributed by atoms with Crippen LogP contribution in [-0.2, 0) is 6.42 Å². The molecule has 0 saturated heterocycles. The lowest BCUT2D eigenvalue weighted by atomic mass is 9.90. The zero-order valence-corrected chi connectivity index (χ0v) is 10.7. The summed E-state index contributed by atoms with van der Waals surface area (Å²) in [6.07, 6.45) is 3.57. The molecule has 0 radical (unpaired) electrons. The van der Waals surface area contributed by atoms with Gasteiger partial charge in [0.2, 0.25) is 0 Å². The Balaban J connectivity index is 2.13. The zero-order chi connectivity index (χ0) is 13.4. The first kappa shape index (κ1) is 12.0. The predicted octanol–water partition coefficient (Wildman–Crippen LogP) is 3.50. The van der Waals surface area contributed by atoms with Crippen LogP contribution in [0.5, 0.6) is 0 Å². The summed E-state index contributed by atoms with van der Waals surface area (Å²) < 4.78 is 13.5. The van der Waals surface area contributed by atoms with Crippen molar-refractivity contribution in [2.45, 2.75) is 25.7 Å². The van der Waals surface area contributed by atoms with Gasteiger partial charge in [0.05, 0.1) is 5.69 Å². The average Bonchev–Trinajstić information content (AvgIpc) is 2.82. The van der Waals surface area contributed by atoms with Crippen molar-refractivity contribution in [3.63, 3.8) is 0 Å². The van der Waals surface area contributed by atoms with Gasteiger partial charge in [-0.3, -0.25) is 9.78 Å². The molecule has 96 valence electrons. The van der Waals surface area contributed by atoms with E-state index < -0.39 is 0 Å². The van der Waals surface area contributed by atoms with E-state index >= 15 is 0 Å². The van der Waals surface area contributed by atoms with E-state index in [0.29, 0.717) is 5.56 Å². The monoisotopic (exact) mass is 255 g/mol. The molecule has 2 aromatic rings. The van der Waals surface area contributed by atoms with Gasteiger partial charge in [0.1, 0.15) is 5.82 Å². The summed E-state index contributed by atoms with van der Waals surface area (Å²) in [4.78, 5) is 16.1. The molecule has 0 saturated carbocycles. The molecule has 1 aromatic heterocycles. The number of fused-ring (bicyclic) bond motifs is 1. The number of carbonyl (C=O) groups is 1. The van der Waals surface area contributed by atoms with Crippen LogP contribution in [0.15, 0.2) is 36.5 Å². The highest BCUT2D eigenvalue weighted by molar-refractivity contribution is 5.95. The summed E-state index contributed by atoms with van der Waals surface area (Å²) in [5.41, 5.74) is 3.55. The van der Waals surface area contributed by atoms with Gasteiger partial charge in [0.25, 0.3) is 0 Å². The fraction of sp³-hybridized carbons (Fsp3) is 0.250. The summed E-state index contributed by atoms with van der Waals surface area (Å²) in [6, 6.07) is 8.36. The van der Waals surface area contributed by atoms with Gasteiger partial charge in [-0.1, -0.05) is 6.07 Å². The molecule has 0 amide bonds. The smallest absolute Gasteiger partial charge is 0.160 e. The van der Waals surface area contributed by atoms with Gasteiger partial charge < -0.3 is 0 Å². The average molecular weight is 255 g/mol. The molecule has 0 aliphatic heterocycles. The van der Waals surface area contributed by atoms with E-state index in [-0.39, 0.29) is 17.5 Å². The second kappa shape index (κ2) is 4.57. The van der Waals surface area contributed by atoms with Crippen LogP contribution in [0.3, 0.4) is 0 Å². The molecule has 2 nitrogen and oxygen atoms in total. The third kappa shape index (κ3) is 2.05. The number of hydrogen-bond acceptors (Lipinski definition) is 2. The molecule has 3 rings (SSSR count). The number of benzene rings is 1. The van der Waals surface area contributed by atoms with E-state index in [4.69, 9.17) is 0 Å². The Bertz CT molecular complexity index is 651. The maximum atomic E-state index is 13.5. The molecule has 1 unspecified atom stereocenters. The summed E-state index contributed by atoms with van der Waals surface area (Å²) in [5, 5.41) is 0. The van der Waals surface area contributed by atoms with Crippen LogP contribution in [0.25, 0.3) is 0 Å². The quantitative estimate of drug-likeness (QED) is 0.769. The summed E-state index contributed by atoms with van der Waals surface area (Å²) >= 11 is 0. The Labute approximate surface area is 111 Å². The third-order valence-electron chi connectivity index (χ3n) is 3.73. The summed E-state index contributed by atoms with van der Waals surface area (Å²) in [6.45, 7) is 1.52. The van der Waals surface area contributed by atoms with Crippen molar-refractivity contribution in [1.29, 1.82) is 0 Å². The predicted molar refractivity (Wildman–Crippen MR) is 70.8 cm³/mol. The van der Waals surface area contributed by atoms with Crippen LogP contribution in [-0.4, -0.2) is 10.8 Å². The van der Waals surface area contributed by atoms with Crippen molar-refractivity contribution in [2.24, 2.45) is 0 Å². The minimum absolute atomic E-state index is 0.0284. The van der Waals surface area contributed by atoms with Crippen molar-refractivity contribution < 1.29 is 9.18 Å². The number of hydrogen-bond donors (Lipinski definition) is 0. The number of carbonyl (C=O) groups excluding carboxylic acids is 1. The number of aromatic nitrogens is 1. The van der Waals surface area contributed by atoms with Gasteiger partial charge in [0, 0.05) is 17.7 Å². The first-order valence-corrected chi connectivity index (χ1v) is 6.41. The minimum atomic E-state index is -0.301. The minimum Gasteiger partial charge on any atom is -0.295 e. The van der Waals surface area contributed by atoms with Crippen LogP contribution in [0.2, 0.25) is 0 Å². The molecule has 0 fully saturated rings. The SMILES string of the molecule is CC(=O)c1ccc(F)cc1C1CCc2cccnc21. The number of ketones is 1. The number of rotatable bonds is 2. The standard InChI is InChI=1S/C16H14FNO/c1-10(19)13-7-5-12(17)9-15(13)14-6-4-11-3-2-8-18-16(11)14/h2-3,5,7-9,14H,4,6H2,1H3. The van der Waals surface area contributed by atoms with E-state index in [1.807, 2.05) is 6.07 Å². The van der Waals surface area contributed by atoms with Crippen LogP contribution >= 0.6 is 0 Å². The first-order valence-electron chi connectivity index (χ1n) is 6.41. The Kier molecular flexibility index (Phi) is 2.90. The molecule has 1 heterocycles. The maximum absolute atomic E-state index is 13.5. The Hall–Kier alpha value is -2.03. The van der Waals surface area contributed by atoms with Gasteiger partial charge >= 0.3 is 0 Å². The van der Waals surface area contributed by atoms with Crippen LogP contribution in [0, 0.1) is 5.82 Å². The molecular formula is C16H14FNO. The highest BCUT2D eigenvalue weighted by atomic mass is 19.1. The van der Waals surface area contributed by atoms with Crippen molar-refractivity contribution >= 4 is 5.78 Å². The number of nitrogens with zero attached hydrogens (tertiary/aromatic N) is 1. The molecule has 19 heavy (non-hydrogen) atoms. The fourth-order valence-electron chi connectivity index (χ4n) is 2.86. The number of halogens is 1. The van der Waals surface area contributed by atoms with Crippen molar-refractivity contribution in [3.05, 3.63) is 64.7 Å². The van der Waals surface area contributed by atoms with Crippen molar-refractivity contribution in [3.8, 4) is 0 Å². The fourth-order valence-corrected chi connectivity index (χ4v) is 2.86. The van der Waals surface area contributed by atoms with Crippen molar-refractivity contribution in [1.82, 2.24) is 4.98 Å². The molecule has 1 aromatic carbocycles. The van der Waals surface area contributed by atoms with Gasteiger partial charge in [-0.2, -0.15) is 0 Å². The lowest BCUT2D eigenvalue weighted by molar-refractivity contribution is 0.101. The lowest BCUT2D eigenvalue weighted by Gasteiger charge is -2.14. The van der Waals surface area contributed by atoms with Crippen LogP contribution in [0.4, 0.5) is 4.39 Å². The van der Waals surface area contributed by atoms with E-state index in [9.17, 15) is 9.18 Å². The van der Waals surface area contributed by atoms with E-state index in [1.165, 1.54) is 24.6 Å². The van der Waals surface area contributed by atoms with E-state index in [1.54, 1.807) is 12.3 Å². The van der Waals surface area contributed by atoms with Gasteiger partial charge in [-0.15, -0.1) is 0 Å². The molecule has 1 atom stereocenters. The van der Waals surface area contributed by atoms with E-state index in [0.717, 1.165) is 24.1 Å². The summed E-state index contributed by atoms with van der Waals surface area (Å²) in [7, 11) is 0. The Morgan fingerprint density at radius 2 is 2.21 bits per heavy atom. The molecule has 0 spiro atoms. The molecule has 0 N–H and O–H groups in total. The molecule has 3 heteroatoms. The third-order valence-corrected chi connectivity index (χ3v) is 3.73. The van der Waals surface area contributed by atoms with Crippen molar-refractivity contribution in [2.75, 3.05) is 0 Å². The largest absolute Gasteiger partial charge is 0.295 e. The first-order chi connectivity index (χ1) is 9.16. The lowest BCUT2D eigenvalue weighted by Crippen LogP contribution is -2.06. The summed E-state index contributed by atoms with van der Waals surface area (Å²) in [5.74, 6) is -0.297.